The summed E-state index contributed by atoms with van der Waals surface area (Å²) in [4.78, 5) is 8.07. The van der Waals surface area contributed by atoms with E-state index in [0.29, 0.717) is 6.61 Å². The number of piperazine rings is 1. The fourth-order valence-corrected chi connectivity index (χ4v) is 5.33. The highest BCUT2D eigenvalue weighted by atomic mass is 19.1. The normalized spacial score (nSPS) is 27.5. The van der Waals surface area contributed by atoms with E-state index in [0.717, 1.165) is 30.7 Å². The molecule has 5 heteroatoms. The number of benzene rings is 1. The fraction of sp³-hybridized carbons (Fsp3) is 0.739. The minimum Gasteiger partial charge on any atom is -0.494 e. The number of hydrogen-bond donors (Lipinski definition) is 0. The molecule has 1 aromatic rings. The van der Waals surface area contributed by atoms with Crippen LogP contribution in [0, 0.1) is 11.7 Å². The van der Waals surface area contributed by atoms with Crippen molar-refractivity contribution in [3.8, 4) is 5.75 Å². The molecule has 0 aliphatic carbocycles. The smallest absolute Gasteiger partial charge is 0.123 e. The second kappa shape index (κ2) is 10.0. The Labute approximate surface area is 169 Å². The van der Waals surface area contributed by atoms with Gasteiger partial charge in [-0.15, -0.1) is 0 Å². The summed E-state index contributed by atoms with van der Waals surface area (Å²) in [5.41, 5.74) is 0. The number of rotatable bonds is 7. The Balaban J connectivity index is 1.12. The van der Waals surface area contributed by atoms with Crippen LogP contribution in [-0.4, -0.2) is 79.7 Å². The third kappa shape index (κ3) is 5.46. The fourth-order valence-electron chi connectivity index (χ4n) is 5.33. The van der Waals surface area contributed by atoms with Crippen molar-refractivity contribution in [2.75, 3.05) is 59.0 Å². The van der Waals surface area contributed by atoms with Gasteiger partial charge in [-0.2, -0.15) is 0 Å². The number of nitrogens with zero attached hydrogens (tertiary/aromatic N) is 3. The van der Waals surface area contributed by atoms with Crippen LogP contribution < -0.4 is 4.74 Å². The van der Waals surface area contributed by atoms with Gasteiger partial charge in [-0.3, -0.25) is 0 Å². The maximum atomic E-state index is 12.9. The Morgan fingerprint density at radius 3 is 2.43 bits per heavy atom. The highest BCUT2D eigenvalue weighted by Crippen LogP contribution is 2.31. The summed E-state index contributed by atoms with van der Waals surface area (Å²) in [6.07, 6.45) is 8.13. The monoisotopic (exact) mass is 389 g/mol. The van der Waals surface area contributed by atoms with Gasteiger partial charge in [0, 0.05) is 45.3 Å². The average Bonchev–Trinajstić information content (AvgIpc) is 2.74. The molecule has 0 saturated carbocycles. The molecule has 4 nitrogen and oxygen atoms in total. The molecule has 0 radical (unpaired) electrons. The highest BCUT2D eigenvalue weighted by Gasteiger charge is 2.34. The van der Waals surface area contributed by atoms with E-state index in [1.165, 1.54) is 90.1 Å². The van der Waals surface area contributed by atoms with Crippen molar-refractivity contribution in [1.29, 1.82) is 0 Å². The molecular weight excluding hydrogens is 353 g/mol. The second-order valence-electron chi connectivity index (χ2n) is 8.80. The van der Waals surface area contributed by atoms with Crippen molar-refractivity contribution >= 4 is 0 Å². The number of halogens is 1. The molecule has 3 aliphatic heterocycles. The summed E-state index contributed by atoms with van der Waals surface area (Å²) < 4.78 is 18.6. The van der Waals surface area contributed by atoms with Gasteiger partial charge in [0.1, 0.15) is 11.6 Å². The number of piperidine rings is 2. The first-order valence-corrected chi connectivity index (χ1v) is 11.3. The van der Waals surface area contributed by atoms with Gasteiger partial charge in [0.25, 0.3) is 0 Å². The summed E-state index contributed by atoms with van der Waals surface area (Å²) in [5.74, 6) is 1.44. The van der Waals surface area contributed by atoms with Crippen LogP contribution >= 0.6 is 0 Å². The number of hydrogen-bond acceptors (Lipinski definition) is 4. The third-order valence-corrected chi connectivity index (χ3v) is 6.89. The molecule has 0 aromatic heterocycles. The minimum atomic E-state index is -0.213. The molecule has 4 rings (SSSR count). The van der Waals surface area contributed by atoms with Crippen LogP contribution in [0.3, 0.4) is 0 Å². The molecule has 0 bridgehead atoms. The van der Waals surface area contributed by atoms with Gasteiger partial charge in [0.15, 0.2) is 0 Å². The van der Waals surface area contributed by atoms with Gasteiger partial charge < -0.3 is 19.4 Å². The Morgan fingerprint density at radius 1 is 0.857 bits per heavy atom. The van der Waals surface area contributed by atoms with Gasteiger partial charge in [0.2, 0.25) is 0 Å². The summed E-state index contributed by atoms with van der Waals surface area (Å²) >= 11 is 0. The van der Waals surface area contributed by atoms with Gasteiger partial charge in [-0.25, -0.2) is 4.39 Å². The van der Waals surface area contributed by atoms with E-state index in [9.17, 15) is 4.39 Å². The van der Waals surface area contributed by atoms with E-state index in [-0.39, 0.29) is 5.82 Å². The van der Waals surface area contributed by atoms with Gasteiger partial charge in [-0.1, -0.05) is 6.42 Å². The van der Waals surface area contributed by atoms with Crippen LogP contribution in [0.2, 0.25) is 0 Å². The molecule has 156 valence electrons. The maximum absolute atomic E-state index is 12.9. The average molecular weight is 390 g/mol. The molecule has 3 fully saturated rings. The van der Waals surface area contributed by atoms with E-state index in [2.05, 4.69) is 14.7 Å². The lowest BCUT2D eigenvalue weighted by atomic mass is 9.83. The first kappa shape index (κ1) is 20.1. The molecule has 1 aromatic carbocycles. The quantitative estimate of drug-likeness (QED) is 0.665. The molecule has 2 atom stereocenters. The Hall–Kier alpha value is -1.17. The van der Waals surface area contributed by atoms with Gasteiger partial charge >= 0.3 is 0 Å². The SMILES string of the molecule is Fc1ccc(OCCCN2CCN(C[C@@H]3CCCN4CCCC[C@H]34)CC2)cc1. The second-order valence-corrected chi connectivity index (χ2v) is 8.80. The molecule has 0 N–H and O–H groups in total. The van der Waals surface area contributed by atoms with Crippen molar-refractivity contribution in [3.05, 3.63) is 30.1 Å². The number of fused-ring (bicyclic) bond motifs is 1. The molecule has 28 heavy (non-hydrogen) atoms. The summed E-state index contributed by atoms with van der Waals surface area (Å²) in [5, 5.41) is 0. The highest BCUT2D eigenvalue weighted by molar-refractivity contribution is 5.21. The van der Waals surface area contributed by atoms with Gasteiger partial charge in [0.05, 0.1) is 6.61 Å². The van der Waals surface area contributed by atoms with Crippen LogP contribution in [0.5, 0.6) is 5.75 Å². The molecule has 0 spiro atoms. The zero-order valence-electron chi connectivity index (χ0n) is 17.2. The lowest BCUT2D eigenvalue weighted by Gasteiger charge is -2.46. The van der Waals surface area contributed by atoms with Crippen LogP contribution in [0.25, 0.3) is 0 Å². The topological polar surface area (TPSA) is 19.0 Å². The molecule has 0 unspecified atom stereocenters. The van der Waals surface area contributed by atoms with Crippen LogP contribution in [0.1, 0.15) is 38.5 Å². The lowest BCUT2D eigenvalue weighted by molar-refractivity contribution is 0.0287. The zero-order valence-corrected chi connectivity index (χ0v) is 17.2. The Kier molecular flexibility index (Phi) is 7.21. The van der Waals surface area contributed by atoms with E-state index >= 15 is 0 Å². The minimum absolute atomic E-state index is 0.213. The molecule has 3 heterocycles. The largest absolute Gasteiger partial charge is 0.494 e. The van der Waals surface area contributed by atoms with Crippen molar-refractivity contribution in [2.45, 2.75) is 44.6 Å². The zero-order chi connectivity index (χ0) is 19.2. The van der Waals surface area contributed by atoms with Crippen molar-refractivity contribution in [2.24, 2.45) is 5.92 Å². The Morgan fingerprint density at radius 2 is 1.61 bits per heavy atom. The summed E-state index contributed by atoms with van der Waals surface area (Å²) in [7, 11) is 0. The van der Waals surface area contributed by atoms with E-state index in [4.69, 9.17) is 4.74 Å². The van der Waals surface area contributed by atoms with Crippen molar-refractivity contribution in [3.63, 3.8) is 0 Å². The van der Waals surface area contributed by atoms with E-state index in [1.54, 1.807) is 12.1 Å². The Bertz CT molecular complexity index is 586. The summed E-state index contributed by atoms with van der Waals surface area (Å²) in [6.45, 7) is 10.6. The summed E-state index contributed by atoms with van der Waals surface area (Å²) in [6, 6.07) is 7.17. The molecule has 3 aliphatic rings. The predicted molar refractivity (Wildman–Crippen MR) is 111 cm³/mol. The maximum Gasteiger partial charge on any atom is 0.123 e. The lowest BCUT2D eigenvalue weighted by Crippen LogP contribution is -2.53. The first-order valence-electron chi connectivity index (χ1n) is 11.3. The van der Waals surface area contributed by atoms with E-state index in [1.807, 2.05) is 0 Å². The number of ether oxygens (including phenoxy) is 1. The van der Waals surface area contributed by atoms with Crippen LogP contribution in [0.4, 0.5) is 4.39 Å². The van der Waals surface area contributed by atoms with E-state index < -0.39 is 0 Å². The standard InChI is InChI=1S/C23H36FN3O/c24-21-7-9-22(10-8-21)28-18-4-11-25-14-16-26(17-15-25)19-20-5-3-13-27-12-2-1-6-23(20)27/h7-10,20,23H,1-6,11-19H2/t20-,23+/m0/s1. The van der Waals surface area contributed by atoms with Crippen LogP contribution in [-0.2, 0) is 0 Å². The van der Waals surface area contributed by atoms with Gasteiger partial charge in [-0.05, 0) is 75.4 Å². The molecule has 3 saturated heterocycles. The predicted octanol–water partition coefficient (Wildman–Crippen LogP) is 3.48. The third-order valence-electron chi connectivity index (χ3n) is 6.89. The molecule has 0 amide bonds. The molecular formula is C23H36FN3O. The van der Waals surface area contributed by atoms with Crippen molar-refractivity contribution < 1.29 is 9.13 Å². The first-order chi connectivity index (χ1) is 13.8. The van der Waals surface area contributed by atoms with Crippen LogP contribution in [0.15, 0.2) is 24.3 Å². The van der Waals surface area contributed by atoms with Crippen molar-refractivity contribution in [1.82, 2.24) is 14.7 Å².